The molecule has 0 unspecified atom stereocenters. The number of hydrogen-bond donors (Lipinski definition) is 0. The van der Waals surface area contributed by atoms with Gasteiger partial charge in [-0.25, -0.2) is 0 Å². The third-order valence-corrected chi connectivity index (χ3v) is 3.67. The molecule has 4 nitrogen and oxygen atoms in total. The smallest absolute Gasteiger partial charge is 0.226 e. The third-order valence-electron chi connectivity index (χ3n) is 3.44. The molecule has 112 valence electrons. The van der Waals surface area contributed by atoms with Crippen molar-refractivity contribution in [3.8, 4) is 11.8 Å². The second-order valence-electron chi connectivity index (χ2n) is 4.77. The highest BCUT2D eigenvalue weighted by Gasteiger charge is 2.43. The van der Waals surface area contributed by atoms with Gasteiger partial charge in [0.1, 0.15) is 11.8 Å². The summed E-state index contributed by atoms with van der Waals surface area (Å²) >= 11 is 6.15. The minimum atomic E-state index is -1.06. The van der Waals surface area contributed by atoms with E-state index in [1.807, 2.05) is 36.4 Å². The number of ether oxygens (including phenoxy) is 3. The van der Waals surface area contributed by atoms with Crippen LogP contribution in [0.1, 0.15) is 11.1 Å². The summed E-state index contributed by atoms with van der Waals surface area (Å²) in [5, 5.41) is 9.31. The number of rotatable bonds is 4. The molecule has 1 heterocycles. The van der Waals surface area contributed by atoms with Gasteiger partial charge in [-0.1, -0.05) is 41.9 Å². The molecule has 0 bridgehead atoms. The number of benzene rings is 2. The maximum atomic E-state index is 8.76. The number of nitriles is 1. The van der Waals surface area contributed by atoms with Crippen LogP contribution in [0.5, 0.6) is 5.75 Å². The molecule has 0 aromatic heterocycles. The highest BCUT2D eigenvalue weighted by atomic mass is 35.5. The average Bonchev–Trinajstić information content (AvgIpc) is 3.05. The fourth-order valence-electron chi connectivity index (χ4n) is 2.54. The topological polar surface area (TPSA) is 51.5 Å². The molecule has 22 heavy (non-hydrogen) atoms. The fourth-order valence-corrected chi connectivity index (χ4v) is 2.72. The maximum absolute atomic E-state index is 8.76. The van der Waals surface area contributed by atoms with Gasteiger partial charge < -0.3 is 14.2 Å². The van der Waals surface area contributed by atoms with Crippen molar-refractivity contribution in [1.82, 2.24) is 0 Å². The number of halogens is 1. The Hall–Kier alpha value is -2.06. The van der Waals surface area contributed by atoms with Gasteiger partial charge in [-0.2, -0.15) is 5.26 Å². The molecule has 0 spiro atoms. The molecular weight excluding hydrogens is 302 g/mol. The van der Waals surface area contributed by atoms with Gasteiger partial charge in [-0.15, -0.1) is 0 Å². The molecule has 3 rings (SSSR count). The van der Waals surface area contributed by atoms with Gasteiger partial charge in [0.15, 0.2) is 6.61 Å². The van der Waals surface area contributed by atoms with Gasteiger partial charge in [-0.05, 0) is 18.2 Å². The minimum Gasteiger partial charge on any atom is -0.478 e. The van der Waals surface area contributed by atoms with Crippen LogP contribution in [0.4, 0.5) is 0 Å². The normalized spacial score (nSPS) is 16.2. The monoisotopic (exact) mass is 315 g/mol. The lowest BCUT2D eigenvalue weighted by molar-refractivity contribution is -0.131. The zero-order chi connectivity index (χ0) is 15.4. The number of nitrogens with zero attached hydrogens (tertiary/aromatic N) is 1. The van der Waals surface area contributed by atoms with Crippen LogP contribution < -0.4 is 4.74 Å². The summed E-state index contributed by atoms with van der Waals surface area (Å²) in [6.07, 6.45) is 0. The molecule has 1 fully saturated rings. The Bertz CT molecular complexity index is 691. The highest BCUT2D eigenvalue weighted by molar-refractivity contribution is 6.30. The largest absolute Gasteiger partial charge is 0.478 e. The highest BCUT2D eigenvalue weighted by Crippen LogP contribution is 2.43. The molecule has 0 N–H and O–H groups in total. The maximum Gasteiger partial charge on any atom is 0.226 e. The molecule has 5 heteroatoms. The van der Waals surface area contributed by atoms with Crippen LogP contribution in [-0.2, 0) is 15.3 Å². The lowest BCUT2D eigenvalue weighted by Gasteiger charge is -2.30. The lowest BCUT2D eigenvalue weighted by atomic mass is 9.96. The van der Waals surface area contributed by atoms with Crippen molar-refractivity contribution in [3.63, 3.8) is 0 Å². The van der Waals surface area contributed by atoms with Gasteiger partial charge in [0, 0.05) is 10.6 Å². The van der Waals surface area contributed by atoms with Gasteiger partial charge in [0.2, 0.25) is 5.79 Å². The van der Waals surface area contributed by atoms with Crippen LogP contribution >= 0.6 is 11.6 Å². The van der Waals surface area contributed by atoms with E-state index in [1.165, 1.54) is 0 Å². The molecule has 0 amide bonds. The van der Waals surface area contributed by atoms with Crippen LogP contribution in [0.3, 0.4) is 0 Å². The van der Waals surface area contributed by atoms with E-state index >= 15 is 0 Å². The summed E-state index contributed by atoms with van der Waals surface area (Å²) < 4.78 is 17.4. The van der Waals surface area contributed by atoms with Crippen molar-refractivity contribution < 1.29 is 14.2 Å². The van der Waals surface area contributed by atoms with E-state index in [0.29, 0.717) is 29.5 Å². The van der Waals surface area contributed by atoms with Crippen molar-refractivity contribution in [2.75, 3.05) is 19.8 Å². The van der Waals surface area contributed by atoms with Crippen LogP contribution in [0.25, 0.3) is 0 Å². The first-order valence-electron chi connectivity index (χ1n) is 6.89. The van der Waals surface area contributed by atoms with E-state index in [2.05, 4.69) is 0 Å². The Morgan fingerprint density at radius 1 is 1.14 bits per heavy atom. The van der Waals surface area contributed by atoms with E-state index < -0.39 is 5.79 Å². The van der Waals surface area contributed by atoms with E-state index in [9.17, 15) is 0 Å². The van der Waals surface area contributed by atoms with Crippen molar-refractivity contribution >= 4 is 11.6 Å². The summed E-state index contributed by atoms with van der Waals surface area (Å²) in [4.78, 5) is 0. The number of hydrogen-bond acceptors (Lipinski definition) is 4. The first-order valence-corrected chi connectivity index (χ1v) is 7.27. The molecule has 0 saturated carbocycles. The Balaban J connectivity index is 2.13. The average molecular weight is 316 g/mol. The van der Waals surface area contributed by atoms with Crippen molar-refractivity contribution in [2.24, 2.45) is 0 Å². The standard InChI is InChI=1S/C17H14ClNO3/c18-14-6-7-16(20-9-8-19)15(12-14)17(21-10-11-22-17)13-4-2-1-3-5-13/h1-7,12H,9-11H2. The zero-order valence-corrected chi connectivity index (χ0v) is 12.5. The summed E-state index contributed by atoms with van der Waals surface area (Å²) in [5.41, 5.74) is 1.52. The van der Waals surface area contributed by atoms with Gasteiger partial charge >= 0.3 is 0 Å². The molecular formula is C17H14ClNO3. The van der Waals surface area contributed by atoms with E-state index in [4.69, 9.17) is 31.1 Å². The predicted octanol–water partition coefficient (Wildman–Crippen LogP) is 3.49. The van der Waals surface area contributed by atoms with Gasteiger partial charge in [-0.3, -0.25) is 0 Å². The lowest BCUT2D eigenvalue weighted by Crippen LogP contribution is -2.29. The zero-order valence-electron chi connectivity index (χ0n) is 11.8. The summed E-state index contributed by atoms with van der Waals surface area (Å²) in [6.45, 7) is 0.887. The SMILES string of the molecule is N#CCOc1ccc(Cl)cc1C1(c2ccccc2)OCCO1. The van der Waals surface area contributed by atoms with Crippen LogP contribution in [-0.4, -0.2) is 19.8 Å². The van der Waals surface area contributed by atoms with Crippen molar-refractivity contribution in [3.05, 3.63) is 64.7 Å². The first kappa shape index (κ1) is 14.9. The quantitative estimate of drug-likeness (QED) is 0.866. The molecule has 1 aliphatic heterocycles. The molecule has 2 aromatic rings. The summed E-state index contributed by atoms with van der Waals surface area (Å²) in [6, 6.07) is 16.8. The Morgan fingerprint density at radius 2 is 1.86 bits per heavy atom. The molecule has 0 radical (unpaired) electrons. The summed E-state index contributed by atoms with van der Waals surface area (Å²) in [5.74, 6) is -0.534. The first-order chi connectivity index (χ1) is 10.8. The molecule has 0 aliphatic carbocycles. The second-order valence-corrected chi connectivity index (χ2v) is 5.20. The molecule has 1 aliphatic rings. The van der Waals surface area contributed by atoms with E-state index in [-0.39, 0.29) is 6.61 Å². The van der Waals surface area contributed by atoms with Crippen molar-refractivity contribution in [1.29, 1.82) is 5.26 Å². The Kier molecular flexibility index (Phi) is 4.30. The predicted molar refractivity (Wildman–Crippen MR) is 81.7 cm³/mol. The Labute approximate surface area is 133 Å². The van der Waals surface area contributed by atoms with Crippen molar-refractivity contribution in [2.45, 2.75) is 5.79 Å². The van der Waals surface area contributed by atoms with Crippen LogP contribution in [0.2, 0.25) is 5.02 Å². The fraction of sp³-hybridized carbons (Fsp3) is 0.235. The molecule has 0 atom stereocenters. The molecule has 2 aromatic carbocycles. The third kappa shape index (κ3) is 2.67. The van der Waals surface area contributed by atoms with Crippen LogP contribution in [0, 0.1) is 11.3 Å². The second kappa shape index (κ2) is 6.37. The summed E-state index contributed by atoms with van der Waals surface area (Å²) in [7, 11) is 0. The van der Waals surface area contributed by atoms with Gasteiger partial charge in [0.25, 0.3) is 0 Å². The Morgan fingerprint density at radius 3 is 2.55 bits per heavy atom. The van der Waals surface area contributed by atoms with Gasteiger partial charge in [0.05, 0.1) is 18.8 Å². The molecule has 1 saturated heterocycles. The van der Waals surface area contributed by atoms with Crippen LogP contribution in [0.15, 0.2) is 48.5 Å². The minimum absolute atomic E-state index is 0.0560. The van der Waals surface area contributed by atoms with E-state index in [1.54, 1.807) is 18.2 Å². The van der Waals surface area contributed by atoms with E-state index in [0.717, 1.165) is 5.56 Å².